The van der Waals surface area contributed by atoms with Crippen molar-refractivity contribution in [2.24, 2.45) is 5.73 Å². The van der Waals surface area contributed by atoms with E-state index in [1.165, 1.54) is 25.7 Å². The molecule has 2 fully saturated rings. The summed E-state index contributed by atoms with van der Waals surface area (Å²) in [6, 6.07) is 3.01. The molecule has 5 heteroatoms. The number of hydrogen-bond donors (Lipinski definition) is 2. The first-order chi connectivity index (χ1) is 10.1. The van der Waals surface area contributed by atoms with E-state index < -0.39 is 0 Å². The van der Waals surface area contributed by atoms with Gasteiger partial charge in [-0.15, -0.1) is 0 Å². The second kappa shape index (κ2) is 5.64. The topological polar surface area (TPSA) is 71.2 Å². The maximum absolute atomic E-state index is 11.9. The lowest BCUT2D eigenvalue weighted by Gasteiger charge is -2.33. The lowest BCUT2D eigenvalue weighted by molar-refractivity contribution is 0.0999. The molecule has 0 bridgehead atoms. The summed E-state index contributed by atoms with van der Waals surface area (Å²) in [5, 5.41) is 3.60. The number of anilines is 1. The molecule has 0 saturated carbocycles. The minimum absolute atomic E-state index is 0.375. The van der Waals surface area contributed by atoms with Crippen LogP contribution in [0.25, 0.3) is 0 Å². The molecule has 0 radical (unpaired) electrons. The highest BCUT2D eigenvalue weighted by molar-refractivity contribution is 5.99. The zero-order valence-corrected chi connectivity index (χ0v) is 12.9. The van der Waals surface area contributed by atoms with Crippen LogP contribution in [0.1, 0.15) is 47.4 Å². The van der Waals surface area contributed by atoms with Crippen LogP contribution in [-0.4, -0.2) is 36.1 Å². The summed E-state index contributed by atoms with van der Waals surface area (Å²) in [6.07, 6.45) is 4.81. The van der Waals surface area contributed by atoms with E-state index in [0.29, 0.717) is 17.6 Å². The number of pyridine rings is 1. The summed E-state index contributed by atoms with van der Waals surface area (Å²) >= 11 is 0. The number of carbonyl (C=O) groups is 1. The third-order valence-electron chi connectivity index (χ3n) is 4.73. The van der Waals surface area contributed by atoms with Crippen molar-refractivity contribution in [3.63, 3.8) is 0 Å². The van der Waals surface area contributed by atoms with Gasteiger partial charge in [0, 0.05) is 24.3 Å². The minimum atomic E-state index is -0.375. The molecule has 114 valence electrons. The molecule has 2 atom stereocenters. The fourth-order valence-corrected chi connectivity index (χ4v) is 3.89. The summed E-state index contributed by atoms with van der Waals surface area (Å²) in [4.78, 5) is 18.7. The lowest BCUT2D eigenvalue weighted by Crippen LogP contribution is -2.44. The van der Waals surface area contributed by atoms with Gasteiger partial charge in [-0.2, -0.15) is 0 Å². The Morgan fingerprint density at radius 1 is 1.38 bits per heavy atom. The first-order valence-electron chi connectivity index (χ1n) is 7.86. The van der Waals surface area contributed by atoms with Crippen molar-refractivity contribution in [2.75, 3.05) is 18.0 Å². The Labute approximate surface area is 125 Å². The number of nitrogens with two attached hydrogens (primary N) is 1. The van der Waals surface area contributed by atoms with Gasteiger partial charge in [-0.25, -0.2) is 0 Å². The zero-order valence-electron chi connectivity index (χ0n) is 12.9. The molecule has 3 rings (SSSR count). The quantitative estimate of drug-likeness (QED) is 0.884. The van der Waals surface area contributed by atoms with Gasteiger partial charge in [-0.05, 0) is 52.1 Å². The van der Waals surface area contributed by atoms with E-state index in [9.17, 15) is 4.79 Å². The highest BCUT2D eigenvalue weighted by atomic mass is 16.1. The van der Waals surface area contributed by atoms with Crippen LogP contribution in [0, 0.1) is 13.8 Å². The maximum Gasteiger partial charge on any atom is 0.252 e. The van der Waals surface area contributed by atoms with Crippen LogP contribution in [0.5, 0.6) is 0 Å². The van der Waals surface area contributed by atoms with Crippen LogP contribution in [0.3, 0.4) is 0 Å². The molecular weight excluding hydrogens is 264 g/mol. The standard InChI is InChI=1S/C16H24N4O/c1-10-9-14(15(16(17)21)11(2)19-10)20-8-4-6-13(20)12-5-3-7-18-12/h9,12-13,18H,3-8H2,1-2H3,(H2,17,21). The van der Waals surface area contributed by atoms with Gasteiger partial charge in [0.25, 0.3) is 5.91 Å². The van der Waals surface area contributed by atoms with Crippen molar-refractivity contribution in [1.82, 2.24) is 10.3 Å². The van der Waals surface area contributed by atoms with E-state index >= 15 is 0 Å². The smallest absolute Gasteiger partial charge is 0.252 e. The van der Waals surface area contributed by atoms with Gasteiger partial charge >= 0.3 is 0 Å². The molecule has 1 aromatic rings. The number of aryl methyl sites for hydroxylation is 2. The second-order valence-corrected chi connectivity index (χ2v) is 6.21. The highest BCUT2D eigenvalue weighted by Crippen LogP contribution is 2.33. The van der Waals surface area contributed by atoms with Gasteiger partial charge in [0.1, 0.15) is 0 Å². The highest BCUT2D eigenvalue weighted by Gasteiger charge is 2.35. The molecule has 2 unspecified atom stereocenters. The summed E-state index contributed by atoms with van der Waals surface area (Å²) in [5.41, 5.74) is 8.86. The fourth-order valence-electron chi connectivity index (χ4n) is 3.89. The van der Waals surface area contributed by atoms with Crippen molar-refractivity contribution in [1.29, 1.82) is 0 Å². The molecule has 2 saturated heterocycles. The lowest BCUT2D eigenvalue weighted by atomic mass is 10.0. The summed E-state index contributed by atoms with van der Waals surface area (Å²) in [5.74, 6) is -0.375. The second-order valence-electron chi connectivity index (χ2n) is 6.21. The van der Waals surface area contributed by atoms with Crippen LogP contribution in [0.4, 0.5) is 5.69 Å². The fraction of sp³-hybridized carbons (Fsp3) is 0.625. The minimum Gasteiger partial charge on any atom is -0.366 e. The molecule has 2 aliphatic heterocycles. The number of nitrogens with zero attached hydrogens (tertiary/aromatic N) is 2. The number of carbonyl (C=O) groups excluding carboxylic acids is 1. The van der Waals surface area contributed by atoms with Crippen molar-refractivity contribution >= 4 is 11.6 Å². The molecule has 1 aromatic heterocycles. The number of amides is 1. The predicted octanol–water partition coefficient (Wildman–Crippen LogP) is 1.52. The Bertz CT molecular complexity index is 551. The van der Waals surface area contributed by atoms with Gasteiger partial charge in [-0.1, -0.05) is 0 Å². The first-order valence-corrected chi connectivity index (χ1v) is 7.86. The van der Waals surface area contributed by atoms with Gasteiger partial charge in [-0.3, -0.25) is 9.78 Å². The van der Waals surface area contributed by atoms with Gasteiger partial charge in [0.15, 0.2) is 0 Å². The molecule has 5 nitrogen and oxygen atoms in total. The Balaban J connectivity index is 2.00. The number of primary amides is 1. The number of rotatable bonds is 3. The third-order valence-corrected chi connectivity index (χ3v) is 4.73. The Morgan fingerprint density at radius 2 is 2.19 bits per heavy atom. The molecule has 3 heterocycles. The molecule has 1 amide bonds. The Hall–Kier alpha value is -1.62. The zero-order chi connectivity index (χ0) is 15.0. The Kier molecular flexibility index (Phi) is 3.85. The van der Waals surface area contributed by atoms with Crippen molar-refractivity contribution in [3.8, 4) is 0 Å². The van der Waals surface area contributed by atoms with E-state index in [1.807, 2.05) is 19.9 Å². The average molecular weight is 288 g/mol. The van der Waals surface area contributed by atoms with E-state index in [4.69, 9.17) is 5.73 Å². The Morgan fingerprint density at radius 3 is 2.86 bits per heavy atom. The van der Waals surface area contributed by atoms with Crippen LogP contribution in [0.2, 0.25) is 0 Å². The van der Waals surface area contributed by atoms with Gasteiger partial charge in [0.05, 0.1) is 16.9 Å². The molecule has 0 aliphatic carbocycles. The largest absolute Gasteiger partial charge is 0.366 e. The molecular formula is C16H24N4O. The van der Waals surface area contributed by atoms with E-state index in [-0.39, 0.29) is 5.91 Å². The first kappa shape index (κ1) is 14.3. The SMILES string of the molecule is Cc1cc(N2CCCC2C2CCCN2)c(C(N)=O)c(C)n1. The van der Waals surface area contributed by atoms with Crippen LogP contribution >= 0.6 is 0 Å². The third kappa shape index (κ3) is 2.62. The monoisotopic (exact) mass is 288 g/mol. The molecule has 3 N–H and O–H groups in total. The normalized spacial score (nSPS) is 25.5. The van der Waals surface area contributed by atoms with Gasteiger partial charge in [0.2, 0.25) is 0 Å². The van der Waals surface area contributed by atoms with Gasteiger partial charge < -0.3 is 16.0 Å². The molecule has 21 heavy (non-hydrogen) atoms. The molecule has 0 spiro atoms. The predicted molar refractivity (Wildman–Crippen MR) is 83.6 cm³/mol. The van der Waals surface area contributed by atoms with Crippen LogP contribution < -0.4 is 16.0 Å². The number of hydrogen-bond acceptors (Lipinski definition) is 4. The summed E-state index contributed by atoms with van der Waals surface area (Å²) < 4.78 is 0. The average Bonchev–Trinajstić information content (AvgIpc) is 3.08. The van der Waals surface area contributed by atoms with E-state index in [0.717, 1.165) is 30.2 Å². The van der Waals surface area contributed by atoms with Crippen LogP contribution in [-0.2, 0) is 0 Å². The maximum atomic E-state index is 11.9. The van der Waals surface area contributed by atoms with Crippen molar-refractivity contribution < 1.29 is 4.79 Å². The summed E-state index contributed by atoms with van der Waals surface area (Å²) in [6.45, 7) is 5.94. The van der Waals surface area contributed by atoms with Crippen LogP contribution in [0.15, 0.2) is 6.07 Å². The molecule has 2 aliphatic rings. The molecule has 0 aromatic carbocycles. The number of aromatic nitrogens is 1. The van der Waals surface area contributed by atoms with Crippen molar-refractivity contribution in [3.05, 3.63) is 23.0 Å². The van der Waals surface area contributed by atoms with Crippen molar-refractivity contribution in [2.45, 2.75) is 51.6 Å². The number of nitrogens with one attached hydrogen (secondary N) is 1. The summed E-state index contributed by atoms with van der Waals surface area (Å²) in [7, 11) is 0. The van der Waals surface area contributed by atoms with E-state index in [1.54, 1.807) is 0 Å². The van der Waals surface area contributed by atoms with E-state index in [2.05, 4.69) is 15.2 Å².